The Bertz CT molecular complexity index is 331. The Morgan fingerprint density at radius 1 is 1.31 bits per heavy atom. The van der Waals surface area contributed by atoms with Crippen molar-refractivity contribution in [2.75, 3.05) is 6.54 Å². The summed E-state index contributed by atoms with van der Waals surface area (Å²) in [5.41, 5.74) is 7.23. The van der Waals surface area contributed by atoms with Gasteiger partial charge in [-0.1, -0.05) is 49.4 Å². The van der Waals surface area contributed by atoms with E-state index in [-0.39, 0.29) is 0 Å². The summed E-state index contributed by atoms with van der Waals surface area (Å²) in [5, 5.41) is 0.833. The van der Waals surface area contributed by atoms with E-state index in [0.717, 1.165) is 23.9 Å². The first-order valence-corrected chi connectivity index (χ1v) is 6.62. The summed E-state index contributed by atoms with van der Waals surface area (Å²) >= 11 is 6.00. The lowest BCUT2D eigenvalue weighted by Crippen LogP contribution is -2.23. The van der Waals surface area contributed by atoms with Crippen molar-refractivity contribution >= 4 is 11.6 Å². The zero-order chi connectivity index (χ0) is 11.4. The third-order valence-electron chi connectivity index (χ3n) is 3.76. The highest BCUT2D eigenvalue weighted by molar-refractivity contribution is 6.30. The second-order valence-electron chi connectivity index (χ2n) is 4.87. The Morgan fingerprint density at radius 2 is 2.06 bits per heavy atom. The Labute approximate surface area is 103 Å². The van der Waals surface area contributed by atoms with E-state index in [1.165, 1.54) is 31.2 Å². The molecular formula is C14H20ClN. The molecule has 88 valence electrons. The molecule has 2 heteroatoms. The van der Waals surface area contributed by atoms with Crippen molar-refractivity contribution in [3.63, 3.8) is 0 Å². The molecule has 16 heavy (non-hydrogen) atoms. The summed E-state index contributed by atoms with van der Waals surface area (Å²) in [5.74, 6) is 1.48. The van der Waals surface area contributed by atoms with Gasteiger partial charge in [0.15, 0.2) is 0 Å². The van der Waals surface area contributed by atoms with E-state index >= 15 is 0 Å². The van der Waals surface area contributed by atoms with E-state index in [0.29, 0.717) is 5.92 Å². The van der Waals surface area contributed by atoms with Crippen LogP contribution in [0, 0.1) is 11.8 Å². The van der Waals surface area contributed by atoms with Gasteiger partial charge in [-0.25, -0.2) is 0 Å². The van der Waals surface area contributed by atoms with Crippen molar-refractivity contribution in [2.24, 2.45) is 17.6 Å². The summed E-state index contributed by atoms with van der Waals surface area (Å²) in [6.45, 7) is 0.803. The monoisotopic (exact) mass is 237 g/mol. The third kappa shape index (κ3) is 2.99. The predicted molar refractivity (Wildman–Crippen MR) is 69.7 cm³/mol. The highest BCUT2D eigenvalue weighted by Gasteiger charge is 2.23. The first-order valence-electron chi connectivity index (χ1n) is 6.24. The standard InChI is InChI=1S/C14H20ClN/c15-14-7-3-4-11(9-14)8-13(10-16)12-5-1-2-6-12/h3-4,7,9,12-13H,1-2,5-6,8,10,16H2. The molecule has 1 aliphatic rings. The average Bonchev–Trinajstić information content (AvgIpc) is 2.79. The summed E-state index contributed by atoms with van der Waals surface area (Å²) in [6.07, 6.45) is 6.58. The Morgan fingerprint density at radius 3 is 2.69 bits per heavy atom. The number of benzene rings is 1. The van der Waals surface area contributed by atoms with Crippen LogP contribution in [0.15, 0.2) is 24.3 Å². The summed E-state index contributed by atoms with van der Waals surface area (Å²) in [7, 11) is 0. The van der Waals surface area contributed by atoms with Crippen LogP contribution in [0.5, 0.6) is 0 Å². The molecule has 1 atom stereocenters. The van der Waals surface area contributed by atoms with E-state index in [1.807, 2.05) is 12.1 Å². The maximum absolute atomic E-state index is 6.00. The van der Waals surface area contributed by atoms with E-state index < -0.39 is 0 Å². The summed E-state index contributed by atoms with van der Waals surface area (Å²) in [4.78, 5) is 0. The number of nitrogens with two attached hydrogens (primary N) is 1. The Kier molecular flexibility index (Phi) is 4.25. The van der Waals surface area contributed by atoms with Crippen molar-refractivity contribution in [1.29, 1.82) is 0 Å². The van der Waals surface area contributed by atoms with Gasteiger partial charge in [-0.3, -0.25) is 0 Å². The van der Waals surface area contributed by atoms with Crippen LogP contribution in [0.2, 0.25) is 5.02 Å². The molecule has 1 aromatic rings. The molecule has 0 saturated heterocycles. The van der Waals surface area contributed by atoms with Gasteiger partial charge in [-0.15, -0.1) is 0 Å². The maximum atomic E-state index is 6.00. The van der Waals surface area contributed by atoms with Gasteiger partial charge >= 0.3 is 0 Å². The van der Waals surface area contributed by atoms with Crippen molar-refractivity contribution in [2.45, 2.75) is 32.1 Å². The number of halogens is 1. The summed E-state index contributed by atoms with van der Waals surface area (Å²) in [6, 6.07) is 8.18. The van der Waals surface area contributed by atoms with Crippen molar-refractivity contribution in [3.8, 4) is 0 Å². The van der Waals surface area contributed by atoms with Crippen LogP contribution in [0.1, 0.15) is 31.2 Å². The molecule has 1 aromatic carbocycles. The molecule has 0 spiro atoms. The van der Waals surface area contributed by atoms with E-state index in [4.69, 9.17) is 17.3 Å². The van der Waals surface area contributed by atoms with Gasteiger partial charge in [-0.2, -0.15) is 0 Å². The van der Waals surface area contributed by atoms with Crippen molar-refractivity contribution in [3.05, 3.63) is 34.9 Å². The summed E-state index contributed by atoms with van der Waals surface area (Å²) < 4.78 is 0. The fourth-order valence-electron chi connectivity index (χ4n) is 2.84. The fraction of sp³-hybridized carbons (Fsp3) is 0.571. The lowest BCUT2D eigenvalue weighted by molar-refractivity contribution is 0.345. The molecule has 0 amide bonds. The van der Waals surface area contributed by atoms with Gasteiger partial charge in [0, 0.05) is 5.02 Å². The number of hydrogen-bond acceptors (Lipinski definition) is 1. The first-order chi connectivity index (χ1) is 7.79. The molecule has 0 heterocycles. The van der Waals surface area contributed by atoms with E-state index in [9.17, 15) is 0 Å². The lowest BCUT2D eigenvalue weighted by atomic mass is 9.86. The second-order valence-corrected chi connectivity index (χ2v) is 5.31. The van der Waals surface area contributed by atoms with Gasteiger partial charge in [-0.05, 0) is 42.5 Å². The Balaban J connectivity index is 2.00. The van der Waals surface area contributed by atoms with Gasteiger partial charge in [0.25, 0.3) is 0 Å². The largest absolute Gasteiger partial charge is 0.330 e. The lowest BCUT2D eigenvalue weighted by Gasteiger charge is -2.21. The number of rotatable bonds is 4. The topological polar surface area (TPSA) is 26.0 Å². The molecule has 1 saturated carbocycles. The molecule has 1 aliphatic carbocycles. The fourth-order valence-corrected chi connectivity index (χ4v) is 3.05. The average molecular weight is 238 g/mol. The van der Waals surface area contributed by atoms with Crippen LogP contribution >= 0.6 is 11.6 Å². The minimum atomic E-state index is 0.640. The van der Waals surface area contributed by atoms with Crippen molar-refractivity contribution < 1.29 is 0 Å². The zero-order valence-electron chi connectivity index (χ0n) is 9.66. The van der Waals surface area contributed by atoms with Gasteiger partial charge in [0.2, 0.25) is 0 Å². The zero-order valence-corrected chi connectivity index (χ0v) is 10.4. The highest BCUT2D eigenvalue weighted by Crippen LogP contribution is 2.32. The van der Waals surface area contributed by atoms with Crippen LogP contribution < -0.4 is 5.73 Å². The molecule has 2 rings (SSSR count). The number of hydrogen-bond donors (Lipinski definition) is 1. The molecule has 0 bridgehead atoms. The quantitative estimate of drug-likeness (QED) is 0.850. The van der Waals surface area contributed by atoms with Crippen LogP contribution in [-0.4, -0.2) is 6.54 Å². The van der Waals surface area contributed by atoms with Gasteiger partial charge in [0.1, 0.15) is 0 Å². The van der Waals surface area contributed by atoms with Crippen LogP contribution in [0.25, 0.3) is 0 Å². The molecule has 2 N–H and O–H groups in total. The molecule has 0 radical (unpaired) electrons. The predicted octanol–water partition coefficient (Wildman–Crippen LogP) is 3.65. The third-order valence-corrected chi connectivity index (χ3v) is 3.99. The molecule has 1 fully saturated rings. The first kappa shape index (κ1) is 11.9. The van der Waals surface area contributed by atoms with Gasteiger partial charge in [0.05, 0.1) is 0 Å². The van der Waals surface area contributed by atoms with E-state index in [2.05, 4.69) is 12.1 Å². The smallest absolute Gasteiger partial charge is 0.0408 e. The molecule has 0 aliphatic heterocycles. The van der Waals surface area contributed by atoms with Crippen LogP contribution in [0.4, 0.5) is 0 Å². The van der Waals surface area contributed by atoms with Crippen LogP contribution in [0.3, 0.4) is 0 Å². The van der Waals surface area contributed by atoms with E-state index in [1.54, 1.807) is 0 Å². The van der Waals surface area contributed by atoms with Crippen LogP contribution in [-0.2, 0) is 6.42 Å². The SMILES string of the molecule is NCC(Cc1cccc(Cl)c1)C1CCCC1. The molecule has 0 aromatic heterocycles. The Hall–Kier alpha value is -0.530. The normalized spacial score (nSPS) is 18.9. The molecule has 1 nitrogen and oxygen atoms in total. The molecular weight excluding hydrogens is 218 g/mol. The maximum Gasteiger partial charge on any atom is 0.0408 e. The highest BCUT2D eigenvalue weighted by atomic mass is 35.5. The minimum Gasteiger partial charge on any atom is -0.330 e. The van der Waals surface area contributed by atoms with Crippen molar-refractivity contribution in [1.82, 2.24) is 0 Å². The second kappa shape index (κ2) is 5.70. The van der Waals surface area contributed by atoms with Gasteiger partial charge < -0.3 is 5.73 Å². The minimum absolute atomic E-state index is 0.640. The molecule has 1 unspecified atom stereocenters.